The van der Waals surface area contributed by atoms with Gasteiger partial charge in [-0.2, -0.15) is 26.3 Å². The minimum atomic E-state index is -5.03. The Bertz CT molecular complexity index is 463. The van der Waals surface area contributed by atoms with E-state index in [1.807, 2.05) is 0 Å². The molecule has 0 aliphatic heterocycles. The highest BCUT2D eigenvalue weighted by atomic mass is 79.9. The van der Waals surface area contributed by atoms with Crippen molar-refractivity contribution in [3.8, 4) is 0 Å². The lowest BCUT2D eigenvalue weighted by atomic mass is 9.96. The Morgan fingerprint density at radius 3 is 1.94 bits per heavy atom. The highest BCUT2D eigenvalue weighted by Crippen LogP contribution is 2.41. The first-order valence-corrected chi connectivity index (χ1v) is 5.56. The molecule has 18 heavy (non-hydrogen) atoms. The van der Waals surface area contributed by atoms with Crippen molar-refractivity contribution in [3.05, 3.63) is 34.4 Å². The first-order chi connectivity index (χ1) is 8.12. The predicted molar refractivity (Wildman–Crippen MR) is 54.5 cm³/mol. The summed E-state index contributed by atoms with van der Waals surface area (Å²) in [6.07, 6.45) is -10.1. The van der Waals surface area contributed by atoms with E-state index in [0.29, 0.717) is 12.1 Å². The van der Waals surface area contributed by atoms with Gasteiger partial charge in [0, 0.05) is 10.9 Å². The van der Waals surface area contributed by atoms with Crippen LogP contribution < -0.4 is 0 Å². The zero-order chi connectivity index (χ0) is 14.1. The number of aldehydes is 1. The van der Waals surface area contributed by atoms with Crippen LogP contribution in [-0.4, -0.2) is 6.29 Å². The van der Waals surface area contributed by atoms with Crippen LogP contribution in [0.5, 0.6) is 0 Å². The normalized spacial score (nSPS) is 12.6. The summed E-state index contributed by atoms with van der Waals surface area (Å²) in [5.41, 5.74) is -4.76. The van der Waals surface area contributed by atoms with Crippen LogP contribution in [0.3, 0.4) is 0 Å². The molecule has 0 bridgehead atoms. The Kier molecular flexibility index (Phi) is 4.09. The second kappa shape index (κ2) is 4.91. The number of hydrogen-bond donors (Lipinski definition) is 0. The van der Waals surface area contributed by atoms with Crippen molar-refractivity contribution in [2.45, 2.75) is 17.7 Å². The molecule has 0 spiro atoms. The molecule has 0 radical (unpaired) electrons. The largest absolute Gasteiger partial charge is 0.417 e. The second-order valence-corrected chi connectivity index (χ2v) is 3.86. The molecule has 100 valence electrons. The van der Waals surface area contributed by atoms with Crippen LogP contribution in [0, 0.1) is 0 Å². The summed E-state index contributed by atoms with van der Waals surface area (Å²) in [4.78, 5) is 10.5. The molecule has 0 unspecified atom stereocenters. The minimum Gasteiger partial charge on any atom is -0.298 e. The van der Waals surface area contributed by atoms with Gasteiger partial charge in [0.25, 0.3) is 0 Å². The first kappa shape index (κ1) is 15.0. The molecule has 1 rings (SSSR count). The van der Waals surface area contributed by atoms with Gasteiger partial charge in [0.15, 0.2) is 6.29 Å². The van der Waals surface area contributed by atoms with Crippen molar-refractivity contribution in [1.29, 1.82) is 0 Å². The van der Waals surface area contributed by atoms with Gasteiger partial charge >= 0.3 is 12.4 Å². The highest BCUT2D eigenvalue weighted by Gasteiger charge is 2.41. The fourth-order valence-electron chi connectivity index (χ4n) is 1.50. The Hall–Kier alpha value is -1.05. The van der Waals surface area contributed by atoms with Crippen molar-refractivity contribution < 1.29 is 31.1 Å². The standard InChI is InChI=1S/C10H5BrF6O/c11-3-6-7(9(12,13)14)2-1-5(4-18)8(6)10(15,16)17/h1-2,4H,3H2. The number of halogens is 7. The van der Waals surface area contributed by atoms with Crippen molar-refractivity contribution in [1.82, 2.24) is 0 Å². The van der Waals surface area contributed by atoms with Crippen molar-refractivity contribution in [2.24, 2.45) is 0 Å². The molecular weight excluding hydrogens is 330 g/mol. The van der Waals surface area contributed by atoms with E-state index in [9.17, 15) is 31.1 Å². The Morgan fingerprint density at radius 2 is 1.61 bits per heavy atom. The Balaban J connectivity index is 3.69. The maximum absolute atomic E-state index is 12.7. The van der Waals surface area contributed by atoms with E-state index in [1.54, 1.807) is 0 Å². The average Bonchev–Trinajstić information content (AvgIpc) is 2.24. The average molecular weight is 335 g/mol. The van der Waals surface area contributed by atoms with Crippen LogP contribution in [0.4, 0.5) is 26.3 Å². The van der Waals surface area contributed by atoms with E-state index in [-0.39, 0.29) is 6.29 Å². The molecule has 0 atom stereocenters. The van der Waals surface area contributed by atoms with Crippen LogP contribution in [0.2, 0.25) is 0 Å². The van der Waals surface area contributed by atoms with E-state index in [4.69, 9.17) is 0 Å². The Labute approximate surface area is 106 Å². The topological polar surface area (TPSA) is 17.1 Å². The maximum Gasteiger partial charge on any atom is 0.417 e. The number of hydrogen-bond acceptors (Lipinski definition) is 1. The Morgan fingerprint density at radius 1 is 1.06 bits per heavy atom. The fraction of sp³-hybridized carbons (Fsp3) is 0.300. The smallest absolute Gasteiger partial charge is 0.298 e. The van der Waals surface area contributed by atoms with Crippen LogP contribution in [0.25, 0.3) is 0 Å². The summed E-state index contributed by atoms with van der Waals surface area (Å²) in [6, 6.07) is 0.986. The van der Waals surface area contributed by atoms with Gasteiger partial charge < -0.3 is 0 Å². The van der Waals surface area contributed by atoms with Gasteiger partial charge in [0.2, 0.25) is 0 Å². The van der Waals surface area contributed by atoms with E-state index in [1.165, 1.54) is 0 Å². The van der Waals surface area contributed by atoms with Crippen LogP contribution in [0.1, 0.15) is 27.0 Å². The third-order valence-electron chi connectivity index (χ3n) is 2.19. The number of benzene rings is 1. The van der Waals surface area contributed by atoms with Crippen molar-refractivity contribution >= 4 is 22.2 Å². The zero-order valence-electron chi connectivity index (χ0n) is 8.49. The minimum absolute atomic E-state index is 0.116. The number of carbonyl (C=O) groups excluding carboxylic acids is 1. The molecule has 1 aromatic rings. The molecule has 0 amide bonds. The van der Waals surface area contributed by atoms with E-state index in [0.717, 1.165) is 0 Å². The number of carbonyl (C=O) groups is 1. The molecule has 0 aliphatic rings. The zero-order valence-corrected chi connectivity index (χ0v) is 10.1. The van der Waals surface area contributed by atoms with Gasteiger partial charge in [-0.05, 0) is 11.6 Å². The SMILES string of the molecule is O=Cc1ccc(C(F)(F)F)c(CBr)c1C(F)(F)F. The van der Waals surface area contributed by atoms with Crippen molar-refractivity contribution in [2.75, 3.05) is 0 Å². The molecule has 0 heterocycles. The molecule has 0 aromatic heterocycles. The lowest BCUT2D eigenvalue weighted by Crippen LogP contribution is -2.18. The van der Waals surface area contributed by atoms with Crippen molar-refractivity contribution in [3.63, 3.8) is 0 Å². The molecular formula is C10H5BrF6O. The van der Waals surface area contributed by atoms with Crippen LogP contribution in [0.15, 0.2) is 12.1 Å². The first-order valence-electron chi connectivity index (χ1n) is 4.44. The van der Waals surface area contributed by atoms with Gasteiger partial charge in [-0.15, -0.1) is 0 Å². The van der Waals surface area contributed by atoms with E-state index >= 15 is 0 Å². The summed E-state index contributed by atoms with van der Waals surface area (Å²) in [6.45, 7) is 0. The molecule has 1 aromatic carbocycles. The monoisotopic (exact) mass is 334 g/mol. The molecule has 0 aliphatic carbocycles. The number of rotatable bonds is 2. The maximum atomic E-state index is 12.7. The van der Waals surface area contributed by atoms with Gasteiger partial charge in [0.1, 0.15) is 0 Å². The predicted octanol–water partition coefficient (Wildman–Crippen LogP) is 4.43. The molecule has 0 N–H and O–H groups in total. The van der Waals surface area contributed by atoms with Gasteiger partial charge in [-0.3, -0.25) is 4.79 Å². The van der Waals surface area contributed by atoms with Crippen LogP contribution >= 0.6 is 15.9 Å². The van der Waals surface area contributed by atoms with Gasteiger partial charge in [0.05, 0.1) is 11.1 Å². The molecule has 0 saturated carbocycles. The van der Waals surface area contributed by atoms with Crippen LogP contribution in [-0.2, 0) is 17.7 Å². The third-order valence-corrected chi connectivity index (χ3v) is 2.76. The summed E-state index contributed by atoms with van der Waals surface area (Å²) >= 11 is 2.59. The summed E-state index contributed by atoms with van der Waals surface area (Å²) in [5.74, 6) is 0. The molecule has 0 fully saturated rings. The summed E-state index contributed by atoms with van der Waals surface area (Å²) in [5, 5.41) is -0.654. The van der Waals surface area contributed by atoms with E-state index < -0.39 is 39.9 Å². The highest BCUT2D eigenvalue weighted by molar-refractivity contribution is 9.08. The van der Waals surface area contributed by atoms with Gasteiger partial charge in [-0.25, -0.2) is 0 Å². The fourth-order valence-corrected chi connectivity index (χ4v) is 2.09. The summed E-state index contributed by atoms with van der Waals surface area (Å²) in [7, 11) is 0. The molecule has 8 heteroatoms. The lowest BCUT2D eigenvalue weighted by molar-refractivity contribution is -0.144. The van der Waals surface area contributed by atoms with Gasteiger partial charge in [-0.1, -0.05) is 22.0 Å². The third kappa shape index (κ3) is 2.85. The second-order valence-electron chi connectivity index (χ2n) is 3.30. The number of alkyl halides is 7. The quantitative estimate of drug-likeness (QED) is 0.444. The molecule has 0 saturated heterocycles. The van der Waals surface area contributed by atoms with E-state index in [2.05, 4.69) is 15.9 Å². The summed E-state index contributed by atoms with van der Waals surface area (Å²) < 4.78 is 75.8. The molecule has 1 nitrogen and oxygen atoms in total. The lowest BCUT2D eigenvalue weighted by Gasteiger charge is -2.18.